The van der Waals surface area contributed by atoms with Crippen molar-refractivity contribution < 1.29 is 9.53 Å². The lowest BCUT2D eigenvalue weighted by atomic mass is 9.99. The van der Waals surface area contributed by atoms with Gasteiger partial charge >= 0.3 is 0 Å². The number of carbonyl (C=O) groups excluding carboxylic acids is 1. The Morgan fingerprint density at radius 2 is 2.03 bits per heavy atom. The number of rotatable bonds is 6. The highest BCUT2D eigenvalue weighted by atomic mass is 16.5. The quantitative estimate of drug-likeness (QED) is 0.497. The van der Waals surface area contributed by atoms with Gasteiger partial charge in [-0.05, 0) is 66.6 Å². The Morgan fingerprint density at radius 3 is 2.72 bits per heavy atom. The van der Waals surface area contributed by atoms with E-state index in [0.717, 1.165) is 16.7 Å². The van der Waals surface area contributed by atoms with Crippen LogP contribution in [-0.2, 0) is 7.05 Å². The molecule has 0 fully saturated rings. The van der Waals surface area contributed by atoms with Gasteiger partial charge in [0, 0.05) is 18.8 Å². The average molecular weight is 432 g/mol. The van der Waals surface area contributed by atoms with E-state index < -0.39 is 0 Å². The van der Waals surface area contributed by atoms with Crippen LogP contribution in [0.4, 0.5) is 5.82 Å². The van der Waals surface area contributed by atoms with Gasteiger partial charge in [0.15, 0.2) is 0 Å². The first kappa shape index (κ1) is 21.2. The van der Waals surface area contributed by atoms with Crippen LogP contribution >= 0.6 is 0 Å². The van der Waals surface area contributed by atoms with Crippen LogP contribution in [0.2, 0.25) is 0 Å². The first-order chi connectivity index (χ1) is 15.4. The van der Waals surface area contributed by atoms with Crippen LogP contribution in [-0.4, -0.2) is 48.0 Å². The average Bonchev–Trinajstić information content (AvgIpc) is 3.43. The van der Waals surface area contributed by atoms with E-state index in [1.54, 1.807) is 40.9 Å². The van der Waals surface area contributed by atoms with Crippen molar-refractivity contribution in [3.63, 3.8) is 0 Å². The molecule has 1 amide bonds. The van der Waals surface area contributed by atoms with E-state index in [-0.39, 0.29) is 11.9 Å². The Balaban J connectivity index is 1.66. The summed E-state index contributed by atoms with van der Waals surface area (Å²) in [5.74, 6) is 1.06. The molecule has 10 nitrogen and oxygen atoms in total. The van der Waals surface area contributed by atoms with Crippen LogP contribution in [0.25, 0.3) is 22.6 Å². The molecule has 1 aromatic carbocycles. The molecule has 0 unspecified atom stereocenters. The molecule has 32 heavy (non-hydrogen) atoms. The second kappa shape index (κ2) is 8.58. The van der Waals surface area contributed by atoms with Gasteiger partial charge in [-0.25, -0.2) is 9.67 Å². The highest BCUT2D eigenvalue weighted by Gasteiger charge is 2.18. The first-order valence-electron chi connectivity index (χ1n) is 10.1. The zero-order valence-corrected chi connectivity index (χ0v) is 18.6. The normalized spacial score (nSPS) is 11.1. The molecule has 0 saturated heterocycles. The van der Waals surface area contributed by atoms with Gasteiger partial charge in [0.2, 0.25) is 5.82 Å². The maximum Gasteiger partial charge on any atom is 0.260 e. The number of carbonyl (C=O) groups is 1. The molecule has 4 aromatic rings. The Labute approximate surface area is 185 Å². The SMILES string of the molecule is COc1cc(C)c(-c2cnn(C)c2)cc1C(=O)Nc1cccc(-c2nnnn2C(C)C)n1. The molecule has 0 aliphatic rings. The van der Waals surface area contributed by atoms with E-state index >= 15 is 0 Å². The molecule has 1 N–H and O–H groups in total. The largest absolute Gasteiger partial charge is 0.496 e. The fourth-order valence-electron chi connectivity index (χ4n) is 3.42. The van der Waals surface area contributed by atoms with E-state index in [1.165, 1.54) is 0 Å². The summed E-state index contributed by atoms with van der Waals surface area (Å²) in [6, 6.07) is 9.04. The second-order valence-electron chi connectivity index (χ2n) is 7.67. The van der Waals surface area contributed by atoms with Gasteiger partial charge < -0.3 is 10.1 Å². The molecule has 0 spiro atoms. The number of anilines is 1. The molecule has 4 rings (SSSR count). The molecule has 0 aliphatic heterocycles. The van der Waals surface area contributed by atoms with Gasteiger partial charge in [0.05, 0.1) is 24.9 Å². The summed E-state index contributed by atoms with van der Waals surface area (Å²) in [4.78, 5) is 17.7. The highest BCUT2D eigenvalue weighted by Crippen LogP contribution is 2.31. The Morgan fingerprint density at radius 1 is 1.22 bits per heavy atom. The zero-order valence-electron chi connectivity index (χ0n) is 18.6. The van der Waals surface area contributed by atoms with Crippen LogP contribution in [0.1, 0.15) is 35.8 Å². The number of hydrogen-bond acceptors (Lipinski definition) is 7. The molecule has 10 heteroatoms. The summed E-state index contributed by atoms with van der Waals surface area (Å²) in [5, 5.41) is 18.9. The lowest BCUT2D eigenvalue weighted by molar-refractivity contribution is 0.102. The fourth-order valence-corrected chi connectivity index (χ4v) is 3.42. The predicted octanol–water partition coefficient (Wildman–Crippen LogP) is 3.29. The summed E-state index contributed by atoms with van der Waals surface area (Å²) >= 11 is 0. The summed E-state index contributed by atoms with van der Waals surface area (Å²) in [5.41, 5.74) is 3.76. The van der Waals surface area contributed by atoms with Crippen molar-refractivity contribution in [3.8, 4) is 28.4 Å². The van der Waals surface area contributed by atoms with Gasteiger partial charge in [-0.15, -0.1) is 5.10 Å². The van der Waals surface area contributed by atoms with Crippen LogP contribution in [0.3, 0.4) is 0 Å². The third kappa shape index (κ3) is 4.07. The van der Waals surface area contributed by atoms with Crippen molar-refractivity contribution in [2.75, 3.05) is 12.4 Å². The van der Waals surface area contributed by atoms with Crippen molar-refractivity contribution in [1.82, 2.24) is 35.0 Å². The topological polar surface area (TPSA) is 113 Å². The number of benzene rings is 1. The summed E-state index contributed by atoms with van der Waals surface area (Å²) < 4.78 is 8.87. The van der Waals surface area contributed by atoms with Crippen LogP contribution in [0.5, 0.6) is 5.75 Å². The van der Waals surface area contributed by atoms with E-state index in [0.29, 0.717) is 28.6 Å². The lowest BCUT2D eigenvalue weighted by Crippen LogP contribution is -2.15. The third-order valence-electron chi connectivity index (χ3n) is 5.01. The molecule has 0 radical (unpaired) electrons. The van der Waals surface area contributed by atoms with Crippen molar-refractivity contribution in [1.29, 1.82) is 0 Å². The number of tetrazole rings is 1. The highest BCUT2D eigenvalue weighted by molar-refractivity contribution is 6.06. The van der Waals surface area contributed by atoms with Crippen molar-refractivity contribution in [2.45, 2.75) is 26.8 Å². The minimum Gasteiger partial charge on any atom is -0.496 e. The van der Waals surface area contributed by atoms with E-state index in [9.17, 15) is 4.79 Å². The minimum absolute atomic E-state index is 0.0720. The number of aromatic nitrogens is 7. The molecule has 3 heterocycles. The lowest BCUT2D eigenvalue weighted by Gasteiger charge is -2.13. The second-order valence-corrected chi connectivity index (χ2v) is 7.67. The summed E-state index contributed by atoms with van der Waals surface area (Å²) in [6.07, 6.45) is 3.67. The molecule has 0 bridgehead atoms. The number of aryl methyl sites for hydroxylation is 2. The van der Waals surface area contributed by atoms with Crippen LogP contribution in [0, 0.1) is 6.92 Å². The molecule has 164 valence electrons. The fraction of sp³-hybridized carbons (Fsp3) is 0.273. The van der Waals surface area contributed by atoms with Crippen LogP contribution in [0.15, 0.2) is 42.7 Å². The number of pyridine rings is 1. The number of nitrogens with one attached hydrogen (secondary N) is 1. The summed E-state index contributed by atoms with van der Waals surface area (Å²) in [6.45, 7) is 5.93. The number of hydrogen-bond donors (Lipinski definition) is 1. The number of methoxy groups -OCH3 is 1. The maximum absolute atomic E-state index is 13.2. The smallest absolute Gasteiger partial charge is 0.260 e. The van der Waals surface area contributed by atoms with Gasteiger partial charge in [0.1, 0.15) is 17.3 Å². The van der Waals surface area contributed by atoms with Crippen LogP contribution < -0.4 is 10.1 Å². The first-order valence-corrected chi connectivity index (χ1v) is 10.1. The van der Waals surface area contributed by atoms with Gasteiger partial charge in [0.25, 0.3) is 5.91 Å². The molecule has 0 saturated carbocycles. The van der Waals surface area contributed by atoms with Gasteiger partial charge in [-0.2, -0.15) is 5.10 Å². The predicted molar refractivity (Wildman–Crippen MR) is 119 cm³/mol. The third-order valence-corrected chi connectivity index (χ3v) is 5.01. The standard InChI is InChI=1S/C22H24N8O2/c1-13(2)30-21(26-27-28-30)18-7-6-8-20(24-18)25-22(31)17-10-16(14(3)9-19(17)32-5)15-11-23-29(4)12-15/h6-13H,1-5H3,(H,24,25,31). The maximum atomic E-state index is 13.2. The van der Waals surface area contributed by atoms with E-state index in [4.69, 9.17) is 4.74 Å². The van der Waals surface area contributed by atoms with Crippen molar-refractivity contribution in [2.24, 2.45) is 7.05 Å². The van der Waals surface area contributed by atoms with E-state index in [1.807, 2.05) is 46.1 Å². The number of amides is 1. The minimum atomic E-state index is -0.333. The number of ether oxygens (including phenoxy) is 1. The Kier molecular flexibility index (Phi) is 5.67. The number of nitrogens with zero attached hydrogens (tertiary/aromatic N) is 7. The molecular formula is C22H24N8O2. The Hall–Kier alpha value is -4.08. The summed E-state index contributed by atoms with van der Waals surface area (Å²) in [7, 11) is 3.39. The molecular weight excluding hydrogens is 408 g/mol. The monoisotopic (exact) mass is 432 g/mol. The van der Waals surface area contributed by atoms with Gasteiger partial charge in [-0.3, -0.25) is 9.48 Å². The molecule has 0 atom stereocenters. The molecule has 3 aromatic heterocycles. The molecule has 0 aliphatic carbocycles. The van der Waals surface area contributed by atoms with Crippen molar-refractivity contribution in [3.05, 3.63) is 53.9 Å². The Bertz CT molecular complexity index is 1270. The van der Waals surface area contributed by atoms with Crippen molar-refractivity contribution >= 4 is 11.7 Å². The zero-order chi connectivity index (χ0) is 22.8. The van der Waals surface area contributed by atoms with Gasteiger partial charge in [-0.1, -0.05) is 6.07 Å². The van der Waals surface area contributed by atoms with E-state index in [2.05, 4.69) is 30.9 Å².